The molecule has 0 bridgehead atoms. The number of alkyl halides is 3. The second-order valence-electron chi connectivity index (χ2n) is 8.01. The first-order valence-electron chi connectivity index (χ1n) is 10.2. The Hall–Kier alpha value is -1.57. The van der Waals surface area contributed by atoms with Crippen molar-refractivity contribution < 1.29 is 18.0 Å². The van der Waals surface area contributed by atoms with Crippen molar-refractivity contribution in [3.8, 4) is 0 Å². The molecule has 3 heterocycles. The minimum Gasteiger partial charge on any atom is -0.343 e. The molecule has 30 heavy (non-hydrogen) atoms. The molecule has 1 fully saturated rings. The molecular weight excluding hydrogens is 433 g/mol. The van der Waals surface area contributed by atoms with E-state index in [0.29, 0.717) is 24.7 Å². The van der Waals surface area contributed by atoms with Crippen LogP contribution in [0.15, 0.2) is 29.6 Å². The minimum atomic E-state index is -4.49. The van der Waals surface area contributed by atoms with Crippen LogP contribution in [-0.4, -0.2) is 41.4 Å². The molecule has 1 saturated heterocycles. The van der Waals surface area contributed by atoms with E-state index < -0.39 is 11.7 Å². The highest BCUT2D eigenvalue weighted by atomic mass is 35.5. The summed E-state index contributed by atoms with van der Waals surface area (Å²) in [5.41, 5.74) is 1.08. The van der Waals surface area contributed by atoms with Crippen molar-refractivity contribution in [3.63, 3.8) is 0 Å². The number of hydrogen-bond acceptors (Lipinski definition) is 3. The fourth-order valence-corrected chi connectivity index (χ4v) is 5.53. The van der Waals surface area contributed by atoms with Gasteiger partial charge in [-0.05, 0) is 60.4 Å². The molecule has 0 radical (unpaired) electrons. The van der Waals surface area contributed by atoms with Crippen molar-refractivity contribution in [3.05, 3.63) is 56.2 Å². The van der Waals surface area contributed by atoms with E-state index in [2.05, 4.69) is 16.3 Å². The monoisotopic (exact) mass is 456 g/mol. The van der Waals surface area contributed by atoms with Gasteiger partial charge in [-0.25, -0.2) is 0 Å². The Morgan fingerprint density at radius 1 is 1.17 bits per heavy atom. The summed E-state index contributed by atoms with van der Waals surface area (Å²) in [7, 11) is 0. The first-order valence-corrected chi connectivity index (χ1v) is 11.5. The summed E-state index contributed by atoms with van der Waals surface area (Å²) < 4.78 is 39.0. The van der Waals surface area contributed by atoms with Crippen LogP contribution in [0.1, 0.15) is 40.8 Å². The van der Waals surface area contributed by atoms with E-state index in [0.717, 1.165) is 38.4 Å². The Morgan fingerprint density at radius 2 is 1.93 bits per heavy atom. The minimum absolute atomic E-state index is 0.00993. The number of fused-ring (bicyclic) bond motifs is 1. The van der Waals surface area contributed by atoms with Crippen LogP contribution < -0.4 is 0 Å². The largest absolute Gasteiger partial charge is 0.417 e. The Kier molecular flexibility index (Phi) is 6.42. The number of aryl methyl sites for hydroxylation is 1. The van der Waals surface area contributed by atoms with Gasteiger partial charge in [-0.15, -0.1) is 11.3 Å². The Bertz CT molecular complexity index is 906. The molecule has 1 amide bonds. The molecule has 3 nitrogen and oxygen atoms in total. The molecule has 0 N–H and O–H groups in total. The highest BCUT2D eigenvalue weighted by Gasteiger charge is 2.33. The van der Waals surface area contributed by atoms with Crippen LogP contribution >= 0.6 is 22.9 Å². The number of carbonyl (C=O) groups excluding carboxylic acids is 1. The van der Waals surface area contributed by atoms with Crippen molar-refractivity contribution >= 4 is 28.8 Å². The molecule has 4 rings (SSSR count). The van der Waals surface area contributed by atoms with Crippen molar-refractivity contribution in [1.82, 2.24) is 9.80 Å². The van der Waals surface area contributed by atoms with Gasteiger partial charge in [-0.3, -0.25) is 9.69 Å². The number of carbonyl (C=O) groups is 1. The number of halogens is 4. The molecule has 8 heteroatoms. The molecule has 2 aliphatic heterocycles. The molecule has 2 aliphatic rings. The number of nitrogens with zero attached hydrogens (tertiary/aromatic N) is 2. The lowest BCUT2D eigenvalue weighted by Crippen LogP contribution is -2.47. The summed E-state index contributed by atoms with van der Waals surface area (Å²) in [5.74, 6) is 0.00993. The molecule has 1 aromatic heterocycles. The van der Waals surface area contributed by atoms with Crippen molar-refractivity contribution in [2.24, 2.45) is 0 Å². The zero-order valence-corrected chi connectivity index (χ0v) is 18.1. The van der Waals surface area contributed by atoms with Crippen LogP contribution in [0.5, 0.6) is 0 Å². The summed E-state index contributed by atoms with van der Waals surface area (Å²) in [6, 6.07) is 6.58. The molecule has 162 valence electrons. The van der Waals surface area contributed by atoms with E-state index in [-0.39, 0.29) is 23.8 Å². The lowest BCUT2D eigenvalue weighted by molar-refractivity contribution is -0.137. The third kappa shape index (κ3) is 4.84. The van der Waals surface area contributed by atoms with Crippen LogP contribution in [0.3, 0.4) is 0 Å². The fraction of sp³-hybridized carbons (Fsp3) is 0.500. The topological polar surface area (TPSA) is 23.6 Å². The molecule has 0 unspecified atom stereocenters. The summed E-state index contributed by atoms with van der Waals surface area (Å²) in [4.78, 5) is 18.5. The van der Waals surface area contributed by atoms with Gasteiger partial charge in [0.2, 0.25) is 5.91 Å². The molecule has 0 atom stereocenters. The maximum atomic E-state index is 13.0. The van der Waals surface area contributed by atoms with Gasteiger partial charge in [-0.1, -0.05) is 17.7 Å². The molecular formula is C22H24ClF3N2OS. The maximum Gasteiger partial charge on any atom is 0.417 e. The average molecular weight is 457 g/mol. The standard InChI is InChI=1S/C22H24ClF3N2OS/c23-19-3-1-15(13-18(19)22(24,25)26)2-4-21(29)27-9-5-17(6-10-27)28-11-7-20-16(14-28)8-12-30-20/h1,3,8,12-13,17H,2,4-7,9-11,14H2. The Balaban J connectivity index is 1.27. The third-order valence-electron chi connectivity index (χ3n) is 6.13. The van der Waals surface area contributed by atoms with E-state index in [1.165, 1.54) is 16.5 Å². The van der Waals surface area contributed by atoms with Crippen LogP contribution in [0, 0.1) is 0 Å². The quantitative estimate of drug-likeness (QED) is 0.614. The highest BCUT2D eigenvalue weighted by molar-refractivity contribution is 7.10. The van der Waals surface area contributed by atoms with Gasteiger partial charge in [0, 0.05) is 43.5 Å². The molecule has 0 spiro atoms. The number of thiophene rings is 1. The molecule has 2 aromatic rings. The Labute approximate surface area is 183 Å². The van der Waals surface area contributed by atoms with Gasteiger partial charge in [0.25, 0.3) is 0 Å². The van der Waals surface area contributed by atoms with Crippen LogP contribution in [0.4, 0.5) is 13.2 Å². The lowest BCUT2D eigenvalue weighted by atomic mass is 9.99. The summed E-state index contributed by atoms with van der Waals surface area (Å²) in [6.45, 7) is 3.50. The maximum absolute atomic E-state index is 13.0. The summed E-state index contributed by atoms with van der Waals surface area (Å²) >= 11 is 7.50. The van der Waals surface area contributed by atoms with Crippen molar-refractivity contribution in [2.45, 2.75) is 50.9 Å². The SMILES string of the molecule is O=C(CCc1ccc(Cl)c(C(F)(F)F)c1)N1CCC(N2CCc3sccc3C2)CC1. The molecule has 0 saturated carbocycles. The highest BCUT2D eigenvalue weighted by Crippen LogP contribution is 2.35. The summed E-state index contributed by atoms with van der Waals surface area (Å²) in [5, 5.41) is 1.85. The van der Waals surface area contributed by atoms with Gasteiger partial charge in [0.05, 0.1) is 10.6 Å². The van der Waals surface area contributed by atoms with Gasteiger partial charge >= 0.3 is 6.18 Å². The fourth-order valence-electron chi connectivity index (χ4n) is 4.42. The van der Waals surface area contributed by atoms with Gasteiger partial charge in [-0.2, -0.15) is 13.2 Å². The first-order chi connectivity index (χ1) is 14.3. The molecule has 0 aliphatic carbocycles. The number of benzene rings is 1. The molecule has 1 aromatic carbocycles. The lowest BCUT2D eigenvalue weighted by Gasteiger charge is -2.40. The van der Waals surface area contributed by atoms with Crippen LogP contribution in [0.2, 0.25) is 5.02 Å². The van der Waals surface area contributed by atoms with Crippen molar-refractivity contribution in [2.75, 3.05) is 19.6 Å². The van der Waals surface area contributed by atoms with Crippen LogP contribution in [-0.2, 0) is 30.4 Å². The zero-order chi connectivity index (χ0) is 21.3. The number of hydrogen-bond donors (Lipinski definition) is 0. The number of rotatable bonds is 4. The van der Waals surface area contributed by atoms with E-state index in [4.69, 9.17) is 11.6 Å². The van der Waals surface area contributed by atoms with Crippen molar-refractivity contribution in [1.29, 1.82) is 0 Å². The predicted molar refractivity (Wildman–Crippen MR) is 113 cm³/mol. The third-order valence-corrected chi connectivity index (χ3v) is 7.49. The van der Waals surface area contributed by atoms with E-state index in [9.17, 15) is 18.0 Å². The number of amides is 1. The second-order valence-corrected chi connectivity index (χ2v) is 9.42. The normalized spacial score (nSPS) is 18.5. The van der Waals surface area contributed by atoms with Gasteiger partial charge in [0.1, 0.15) is 0 Å². The zero-order valence-electron chi connectivity index (χ0n) is 16.6. The number of piperidine rings is 1. The first kappa shape index (κ1) is 21.7. The smallest absolute Gasteiger partial charge is 0.343 e. The Morgan fingerprint density at radius 3 is 2.67 bits per heavy atom. The summed E-state index contributed by atoms with van der Waals surface area (Å²) in [6.07, 6.45) is -0.989. The van der Waals surface area contributed by atoms with E-state index in [1.807, 2.05) is 16.2 Å². The second kappa shape index (κ2) is 8.89. The number of likely N-dealkylation sites (tertiary alicyclic amines) is 1. The van der Waals surface area contributed by atoms with Gasteiger partial charge < -0.3 is 4.90 Å². The van der Waals surface area contributed by atoms with E-state index >= 15 is 0 Å². The van der Waals surface area contributed by atoms with E-state index in [1.54, 1.807) is 6.07 Å². The average Bonchev–Trinajstić information content (AvgIpc) is 3.20. The van der Waals surface area contributed by atoms with Gasteiger partial charge in [0.15, 0.2) is 0 Å². The predicted octanol–water partition coefficient (Wildman–Crippen LogP) is 5.40. The van der Waals surface area contributed by atoms with Crippen LogP contribution in [0.25, 0.3) is 0 Å².